The second-order valence-corrected chi connectivity index (χ2v) is 3.76. The number of rotatable bonds is 5. The van der Waals surface area contributed by atoms with Crippen molar-refractivity contribution >= 4 is 12.0 Å². The first-order valence-electron chi connectivity index (χ1n) is 5.61. The molecule has 0 saturated carbocycles. The van der Waals surface area contributed by atoms with Crippen molar-refractivity contribution in [3.05, 3.63) is 51.2 Å². The average Bonchev–Trinajstić information content (AvgIpc) is 2.38. The molecule has 0 unspecified atom stereocenters. The van der Waals surface area contributed by atoms with Crippen molar-refractivity contribution in [1.82, 2.24) is 0 Å². The van der Waals surface area contributed by atoms with E-state index in [0.29, 0.717) is 24.0 Å². The van der Waals surface area contributed by atoms with Gasteiger partial charge in [0.05, 0.1) is 17.6 Å². The van der Waals surface area contributed by atoms with Crippen LogP contribution in [0, 0.1) is 10.1 Å². The lowest BCUT2D eigenvalue weighted by Crippen LogP contribution is -2.01. The maximum atomic E-state index is 11.2. The number of hydrogen-bond acceptors (Lipinski definition) is 4. The number of esters is 1. The van der Waals surface area contributed by atoms with Crippen LogP contribution in [0.15, 0.2) is 30.0 Å². The Morgan fingerprint density at radius 1 is 1.39 bits per heavy atom. The molecule has 5 nitrogen and oxygen atoms in total. The molecule has 0 aliphatic heterocycles. The van der Waals surface area contributed by atoms with Crippen LogP contribution in [0.1, 0.15) is 35.7 Å². The molecule has 0 radical (unpaired) electrons. The Labute approximate surface area is 105 Å². The SMILES string of the molecule is CCC/C(=C/c1ccc(C(=O)OC)cc1)[N+](=O)[O-]. The fourth-order valence-electron chi connectivity index (χ4n) is 1.50. The number of nitro groups is 1. The van der Waals surface area contributed by atoms with Crippen molar-refractivity contribution in [1.29, 1.82) is 0 Å². The van der Waals surface area contributed by atoms with Gasteiger partial charge in [0, 0.05) is 12.5 Å². The number of methoxy groups -OCH3 is 1. The monoisotopic (exact) mass is 249 g/mol. The van der Waals surface area contributed by atoms with Crippen LogP contribution in [-0.2, 0) is 4.74 Å². The second-order valence-electron chi connectivity index (χ2n) is 3.76. The van der Waals surface area contributed by atoms with Crippen LogP contribution in [-0.4, -0.2) is 18.0 Å². The Balaban J connectivity index is 2.94. The van der Waals surface area contributed by atoms with Crippen molar-refractivity contribution in [2.75, 3.05) is 7.11 Å². The number of nitrogens with zero attached hydrogens (tertiary/aromatic N) is 1. The minimum absolute atomic E-state index is 0.170. The third-order valence-electron chi connectivity index (χ3n) is 2.41. The van der Waals surface area contributed by atoms with Gasteiger partial charge in [-0.3, -0.25) is 10.1 Å². The summed E-state index contributed by atoms with van der Waals surface area (Å²) in [6.07, 6.45) is 2.66. The van der Waals surface area contributed by atoms with Gasteiger partial charge < -0.3 is 4.74 Å². The molecule has 1 aromatic carbocycles. The van der Waals surface area contributed by atoms with Crippen molar-refractivity contribution in [3.8, 4) is 0 Å². The summed E-state index contributed by atoms with van der Waals surface area (Å²) in [5.41, 5.74) is 1.29. The molecule has 0 aliphatic rings. The van der Waals surface area contributed by atoms with Crippen molar-refractivity contribution in [2.24, 2.45) is 0 Å². The summed E-state index contributed by atoms with van der Waals surface area (Å²) in [4.78, 5) is 21.6. The Hall–Kier alpha value is -2.17. The molecule has 0 N–H and O–H groups in total. The predicted molar refractivity (Wildman–Crippen MR) is 67.7 cm³/mol. The van der Waals surface area contributed by atoms with Crippen LogP contribution in [0.4, 0.5) is 0 Å². The molecule has 5 heteroatoms. The minimum atomic E-state index is -0.423. The molecule has 0 heterocycles. The highest BCUT2D eigenvalue weighted by molar-refractivity contribution is 5.89. The fourth-order valence-corrected chi connectivity index (χ4v) is 1.50. The van der Waals surface area contributed by atoms with Crippen LogP contribution >= 0.6 is 0 Å². The fraction of sp³-hybridized carbons (Fsp3) is 0.308. The molecule has 0 bridgehead atoms. The molecular formula is C13H15NO4. The molecule has 0 aromatic heterocycles. The van der Waals surface area contributed by atoms with Gasteiger partial charge in [0.25, 0.3) is 0 Å². The van der Waals surface area contributed by atoms with Crippen LogP contribution in [0.5, 0.6) is 0 Å². The number of ether oxygens (including phenoxy) is 1. The Morgan fingerprint density at radius 3 is 2.44 bits per heavy atom. The zero-order valence-corrected chi connectivity index (χ0v) is 10.4. The van der Waals surface area contributed by atoms with Gasteiger partial charge in [0.1, 0.15) is 0 Å². The summed E-state index contributed by atoms with van der Waals surface area (Å²) in [7, 11) is 1.31. The summed E-state index contributed by atoms with van der Waals surface area (Å²) in [6, 6.07) is 6.49. The van der Waals surface area contributed by atoms with Gasteiger partial charge in [-0.1, -0.05) is 19.1 Å². The van der Waals surface area contributed by atoms with Crippen LogP contribution in [0.3, 0.4) is 0 Å². The van der Waals surface area contributed by atoms with E-state index in [2.05, 4.69) is 4.74 Å². The lowest BCUT2D eigenvalue weighted by atomic mass is 10.1. The van der Waals surface area contributed by atoms with E-state index in [0.717, 1.165) is 0 Å². The molecule has 0 saturated heterocycles. The van der Waals surface area contributed by atoms with Gasteiger partial charge in [0.2, 0.25) is 5.70 Å². The predicted octanol–water partition coefficient (Wildman–Crippen LogP) is 2.89. The summed E-state index contributed by atoms with van der Waals surface area (Å²) in [5, 5.41) is 10.8. The summed E-state index contributed by atoms with van der Waals surface area (Å²) in [6.45, 7) is 1.89. The van der Waals surface area contributed by atoms with Gasteiger partial charge in [0.15, 0.2) is 0 Å². The normalized spacial score (nSPS) is 11.1. The van der Waals surface area contributed by atoms with Gasteiger partial charge in [-0.25, -0.2) is 4.79 Å². The van der Waals surface area contributed by atoms with E-state index in [1.165, 1.54) is 13.2 Å². The molecule has 1 rings (SSSR count). The number of carbonyl (C=O) groups is 1. The maximum Gasteiger partial charge on any atom is 0.337 e. The highest BCUT2D eigenvalue weighted by atomic mass is 16.6. The largest absolute Gasteiger partial charge is 0.465 e. The number of hydrogen-bond donors (Lipinski definition) is 0. The third-order valence-corrected chi connectivity index (χ3v) is 2.41. The number of allylic oxidation sites excluding steroid dienone is 1. The van der Waals surface area contributed by atoms with E-state index in [9.17, 15) is 14.9 Å². The topological polar surface area (TPSA) is 69.4 Å². The Kier molecular flexibility index (Phi) is 5.05. The molecule has 0 aliphatic carbocycles. The van der Waals surface area contributed by atoms with E-state index >= 15 is 0 Å². The Morgan fingerprint density at radius 2 is 2.00 bits per heavy atom. The minimum Gasteiger partial charge on any atom is -0.465 e. The second kappa shape index (κ2) is 6.54. The highest BCUT2D eigenvalue weighted by Gasteiger charge is 2.09. The summed E-state index contributed by atoms with van der Waals surface area (Å²) < 4.78 is 4.57. The van der Waals surface area contributed by atoms with Gasteiger partial charge in [-0.05, 0) is 24.1 Å². The zero-order chi connectivity index (χ0) is 13.5. The molecule has 0 atom stereocenters. The van der Waals surface area contributed by atoms with E-state index in [1.54, 1.807) is 24.3 Å². The maximum absolute atomic E-state index is 11.2. The van der Waals surface area contributed by atoms with Crippen LogP contribution < -0.4 is 0 Å². The van der Waals surface area contributed by atoms with Crippen molar-refractivity contribution in [2.45, 2.75) is 19.8 Å². The standard InChI is InChI=1S/C13H15NO4/c1-3-4-12(14(16)17)9-10-5-7-11(8-6-10)13(15)18-2/h5-9H,3-4H2,1-2H3/b12-9-. The van der Waals surface area contributed by atoms with Crippen molar-refractivity contribution in [3.63, 3.8) is 0 Å². The molecular weight excluding hydrogens is 234 g/mol. The first-order valence-corrected chi connectivity index (χ1v) is 5.61. The average molecular weight is 249 g/mol. The first-order chi connectivity index (χ1) is 8.58. The third kappa shape index (κ3) is 3.69. The van der Waals surface area contributed by atoms with Crippen LogP contribution in [0.2, 0.25) is 0 Å². The number of carbonyl (C=O) groups excluding carboxylic acids is 1. The molecule has 0 spiro atoms. The summed E-state index contributed by atoms with van der Waals surface area (Å²) in [5.74, 6) is -0.423. The van der Waals surface area contributed by atoms with E-state index < -0.39 is 5.97 Å². The van der Waals surface area contributed by atoms with E-state index in [1.807, 2.05) is 6.92 Å². The van der Waals surface area contributed by atoms with Crippen LogP contribution in [0.25, 0.3) is 6.08 Å². The van der Waals surface area contributed by atoms with Gasteiger partial charge >= 0.3 is 5.97 Å². The summed E-state index contributed by atoms with van der Waals surface area (Å²) >= 11 is 0. The number of benzene rings is 1. The highest BCUT2D eigenvalue weighted by Crippen LogP contribution is 2.13. The zero-order valence-electron chi connectivity index (χ0n) is 10.4. The molecule has 18 heavy (non-hydrogen) atoms. The van der Waals surface area contributed by atoms with E-state index in [4.69, 9.17) is 0 Å². The Bertz CT molecular complexity index is 462. The molecule has 96 valence electrons. The smallest absolute Gasteiger partial charge is 0.337 e. The van der Waals surface area contributed by atoms with Crippen molar-refractivity contribution < 1.29 is 14.5 Å². The first kappa shape index (κ1) is 13.9. The van der Waals surface area contributed by atoms with Gasteiger partial charge in [-0.2, -0.15) is 0 Å². The molecule has 0 fully saturated rings. The quantitative estimate of drug-likeness (QED) is 0.457. The molecule has 1 aromatic rings. The molecule has 0 amide bonds. The lowest BCUT2D eigenvalue weighted by molar-refractivity contribution is -0.426. The van der Waals surface area contributed by atoms with E-state index in [-0.39, 0.29) is 10.6 Å². The lowest BCUT2D eigenvalue weighted by Gasteiger charge is -2.00. The van der Waals surface area contributed by atoms with Gasteiger partial charge in [-0.15, -0.1) is 0 Å².